The minimum absolute atomic E-state index is 0.00186. The summed E-state index contributed by atoms with van der Waals surface area (Å²) >= 11 is 0. The largest absolute Gasteiger partial charge is 0.451 e. The third-order valence-electron chi connectivity index (χ3n) is 7.78. The summed E-state index contributed by atoms with van der Waals surface area (Å²) in [5.41, 5.74) is 20.6. The molecule has 0 radical (unpaired) electrons. The molecular formula is C39H38F4N8O9S2. The van der Waals surface area contributed by atoms with Gasteiger partial charge in [0.2, 0.25) is 10.0 Å². The van der Waals surface area contributed by atoms with Gasteiger partial charge in [-0.15, -0.1) is 0 Å². The zero-order valence-electron chi connectivity index (χ0n) is 32.6. The van der Waals surface area contributed by atoms with E-state index in [0.717, 1.165) is 66.9 Å². The van der Waals surface area contributed by atoms with E-state index in [1.165, 1.54) is 38.1 Å². The van der Waals surface area contributed by atoms with E-state index in [1.807, 2.05) is 0 Å². The molecule has 328 valence electrons. The highest BCUT2D eigenvalue weighted by atomic mass is 32.2. The highest BCUT2D eigenvalue weighted by Crippen LogP contribution is 2.32. The fraction of sp³-hybridized carbons (Fsp3) is 0.154. The summed E-state index contributed by atoms with van der Waals surface area (Å²) in [5, 5.41) is 0. The van der Waals surface area contributed by atoms with Crippen molar-refractivity contribution >= 4 is 62.1 Å². The summed E-state index contributed by atoms with van der Waals surface area (Å²) in [6.07, 6.45) is 3.43. The molecule has 9 N–H and O–H groups in total. The summed E-state index contributed by atoms with van der Waals surface area (Å²) in [6.45, 7) is 2.39. The van der Waals surface area contributed by atoms with Crippen molar-refractivity contribution in [1.29, 1.82) is 0 Å². The number of guanidine groups is 2. The third-order valence-corrected chi connectivity index (χ3v) is 10.6. The fourth-order valence-corrected chi connectivity index (χ4v) is 6.86. The van der Waals surface area contributed by atoms with E-state index in [0.29, 0.717) is 0 Å². The number of nitrogens with zero attached hydrogens (tertiary/aromatic N) is 3. The van der Waals surface area contributed by atoms with Gasteiger partial charge in [-0.3, -0.25) is 9.59 Å². The van der Waals surface area contributed by atoms with Crippen LogP contribution < -0.4 is 37.1 Å². The minimum Gasteiger partial charge on any atom is -0.451 e. The van der Waals surface area contributed by atoms with E-state index in [2.05, 4.69) is 19.1 Å². The van der Waals surface area contributed by atoms with Crippen LogP contribution in [-0.2, 0) is 34.4 Å². The maximum atomic E-state index is 14.7. The van der Waals surface area contributed by atoms with Crippen molar-refractivity contribution in [1.82, 2.24) is 4.72 Å². The van der Waals surface area contributed by atoms with Crippen LogP contribution in [-0.4, -0.2) is 66.5 Å². The first-order valence-corrected chi connectivity index (χ1v) is 20.6. The molecular weight excluding hydrogens is 865 g/mol. The van der Waals surface area contributed by atoms with Gasteiger partial charge in [0, 0.05) is 30.3 Å². The molecule has 4 rings (SSSR count). The smallest absolute Gasteiger partial charge is 0.281 e. The van der Waals surface area contributed by atoms with Crippen molar-refractivity contribution in [2.75, 3.05) is 19.8 Å². The van der Waals surface area contributed by atoms with Gasteiger partial charge < -0.3 is 37.1 Å². The van der Waals surface area contributed by atoms with Crippen LogP contribution in [0.3, 0.4) is 0 Å². The molecule has 0 aliphatic carbocycles. The molecule has 62 heavy (non-hydrogen) atoms. The standard InChI is InChI=1S/C39H38F4N8O9S2/c1-22(36(52)50-38(44)45)16-24-18-30(40)34(31(41)19-24)59-26-4-8-28(9-5-26)61(54,55)48-12-3-14-58-15-13-49-62(56,57)29-10-6-27(7-11-29)60-35-32(42)20-25(21-33(35)43)17-23(2)37(53)51-39(46)47/h4-12,16-21,49H,3,13-15H2,1-2H3,(H4,44,45,50,52)(H4,46,47,51,53)/b22-16+,23-17+,48-12+. The lowest BCUT2D eigenvalue weighted by Crippen LogP contribution is -2.27. The molecule has 0 heterocycles. The Kier molecular flexibility index (Phi) is 16.2. The van der Waals surface area contributed by atoms with Crippen LogP contribution in [0, 0.1) is 23.3 Å². The second-order valence-corrected chi connectivity index (χ2v) is 16.1. The summed E-state index contributed by atoms with van der Waals surface area (Å²) < 4.78 is 132. The monoisotopic (exact) mass is 902 g/mol. The summed E-state index contributed by atoms with van der Waals surface area (Å²) in [6, 6.07) is 12.8. The van der Waals surface area contributed by atoms with Crippen LogP contribution in [0.1, 0.15) is 31.4 Å². The zero-order valence-corrected chi connectivity index (χ0v) is 34.3. The number of nitrogens with one attached hydrogen (secondary N) is 1. The van der Waals surface area contributed by atoms with Crippen molar-refractivity contribution in [2.24, 2.45) is 37.3 Å². The number of rotatable bonds is 18. The molecule has 0 atom stereocenters. The van der Waals surface area contributed by atoms with Crippen LogP contribution >= 0.6 is 0 Å². The maximum Gasteiger partial charge on any atom is 0.281 e. The molecule has 0 unspecified atom stereocenters. The molecule has 0 aliphatic heterocycles. The van der Waals surface area contributed by atoms with Gasteiger partial charge >= 0.3 is 0 Å². The molecule has 0 bridgehead atoms. The predicted molar refractivity (Wildman–Crippen MR) is 221 cm³/mol. The lowest BCUT2D eigenvalue weighted by molar-refractivity contribution is -0.115. The Hall–Kier alpha value is -6.95. The summed E-state index contributed by atoms with van der Waals surface area (Å²) in [5.74, 6) is -8.73. The Morgan fingerprint density at radius 3 is 1.45 bits per heavy atom. The van der Waals surface area contributed by atoms with Crippen LogP contribution in [0.4, 0.5) is 17.6 Å². The summed E-state index contributed by atoms with van der Waals surface area (Å²) in [4.78, 5) is 30.0. The lowest BCUT2D eigenvalue weighted by atomic mass is 10.1. The molecule has 0 aliphatic rings. The molecule has 2 amide bonds. The number of nitrogens with two attached hydrogens (primary N) is 4. The van der Waals surface area contributed by atoms with Crippen molar-refractivity contribution in [3.05, 3.63) is 118 Å². The first-order chi connectivity index (χ1) is 29.1. The van der Waals surface area contributed by atoms with Gasteiger partial charge in [0.15, 0.2) is 46.7 Å². The van der Waals surface area contributed by atoms with Gasteiger partial charge in [0.25, 0.3) is 21.8 Å². The number of sulfonamides is 2. The molecule has 4 aromatic carbocycles. The highest BCUT2D eigenvalue weighted by molar-refractivity contribution is 7.90. The lowest BCUT2D eigenvalue weighted by Gasteiger charge is -2.11. The maximum absolute atomic E-state index is 14.7. The molecule has 0 fully saturated rings. The fourth-order valence-electron chi connectivity index (χ4n) is 4.94. The number of carbonyl (C=O) groups is 2. The van der Waals surface area contributed by atoms with E-state index in [4.69, 9.17) is 37.1 Å². The van der Waals surface area contributed by atoms with Gasteiger partial charge in [0.1, 0.15) is 11.5 Å². The number of halogens is 4. The van der Waals surface area contributed by atoms with Gasteiger partial charge in [-0.2, -0.15) is 22.8 Å². The zero-order chi connectivity index (χ0) is 45.8. The second kappa shape index (κ2) is 21.0. The van der Waals surface area contributed by atoms with Crippen molar-refractivity contribution < 1.29 is 58.2 Å². The Morgan fingerprint density at radius 2 is 1.05 bits per heavy atom. The number of ether oxygens (including phenoxy) is 3. The highest BCUT2D eigenvalue weighted by Gasteiger charge is 2.19. The van der Waals surface area contributed by atoms with Crippen molar-refractivity contribution in [2.45, 2.75) is 30.1 Å². The van der Waals surface area contributed by atoms with Crippen LogP contribution in [0.2, 0.25) is 0 Å². The summed E-state index contributed by atoms with van der Waals surface area (Å²) in [7, 11) is -8.24. The Balaban J connectivity index is 1.22. The number of benzene rings is 4. The third kappa shape index (κ3) is 13.8. The van der Waals surface area contributed by atoms with Crippen molar-refractivity contribution in [3.8, 4) is 23.0 Å². The van der Waals surface area contributed by atoms with Crippen molar-refractivity contribution in [3.63, 3.8) is 0 Å². The first-order valence-electron chi connectivity index (χ1n) is 17.7. The van der Waals surface area contributed by atoms with E-state index in [1.54, 1.807) is 0 Å². The molecule has 17 nitrogen and oxygen atoms in total. The van der Waals surface area contributed by atoms with Crippen LogP contribution in [0.5, 0.6) is 23.0 Å². The SMILES string of the molecule is C/C(=C\c1cc(F)c(Oc2ccc(S(=O)(=O)/N=C/CCOCCNS(=O)(=O)c3ccc(Oc4c(F)cc(/C=C(\C)C(=O)N=C(N)N)cc4F)cc3)cc2)c(F)c1)C(=O)N=C(N)N. The van der Waals surface area contributed by atoms with E-state index in [9.17, 15) is 44.0 Å². The molecule has 0 aromatic heterocycles. The molecule has 0 saturated carbocycles. The van der Waals surface area contributed by atoms with E-state index >= 15 is 0 Å². The molecule has 0 saturated heterocycles. The molecule has 23 heteroatoms. The molecule has 4 aromatic rings. The topological polar surface area (TPSA) is 283 Å². The Bertz CT molecular complexity index is 2660. The average molecular weight is 903 g/mol. The van der Waals surface area contributed by atoms with E-state index < -0.39 is 78.5 Å². The first kappa shape index (κ1) is 47.7. The van der Waals surface area contributed by atoms with Gasteiger partial charge in [0.05, 0.1) is 23.0 Å². The average Bonchev–Trinajstić information content (AvgIpc) is 3.18. The van der Waals surface area contributed by atoms with Gasteiger partial charge in [-0.25, -0.2) is 30.7 Å². The number of hydrogen-bond acceptors (Lipinski definition) is 9. The number of amides is 2. The minimum atomic E-state index is -4.19. The van der Waals surface area contributed by atoms with Crippen LogP contribution in [0.25, 0.3) is 12.2 Å². The van der Waals surface area contributed by atoms with Gasteiger partial charge in [-0.05, 0) is 110 Å². The Labute approximate surface area is 352 Å². The van der Waals surface area contributed by atoms with E-state index in [-0.39, 0.29) is 69.7 Å². The normalized spacial score (nSPS) is 12.2. The molecule has 0 spiro atoms. The second-order valence-electron chi connectivity index (χ2n) is 12.7. The number of hydrogen-bond donors (Lipinski definition) is 5. The predicted octanol–water partition coefficient (Wildman–Crippen LogP) is 4.38. The van der Waals surface area contributed by atoms with Crippen LogP contribution in [0.15, 0.2) is 108 Å². The van der Waals surface area contributed by atoms with Gasteiger partial charge in [-0.1, -0.05) is 0 Å². The quantitative estimate of drug-likeness (QED) is 0.0305. The number of carbonyl (C=O) groups excluding carboxylic acids is 2. The Morgan fingerprint density at radius 1 is 0.645 bits per heavy atom. The number of aliphatic imine (C=N–C) groups is 2.